The van der Waals surface area contributed by atoms with Crippen LogP contribution < -0.4 is 11.4 Å². The van der Waals surface area contributed by atoms with Crippen LogP contribution in [0.1, 0.15) is 37.2 Å². The van der Waals surface area contributed by atoms with Crippen molar-refractivity contribution in [3.05, 3.63) is 50.6 Å². The number of hydrogen-bond donors (Lipinski definition) is 1. The Hall–Kier alpha value is -2.32. The molecule has 154 valence electrons. The largest absolute Gasteiger partial charge is 0.423 e. The summed E-state index contributed by atoms with van der Waals surface area (Å²) in [5.41, 5.74) is 7.05. The Kier molecular flexibility index (Phi) is 6.64. The van der Waals surface area contributed by atoms with Gasteiger partial charge in [-0.1, -0.05) is 37.2 Å². The van der Waals surface area contributed by atoms with Crippen LogP contribution in [0.4, 0.5) is 0 Å². The lowest BCUT2D eigenvalue weighted by Gasteiger charge is -2.12. The molecule has 0 aliphatic heterocycles. The lowest BCUT2D eigenvalue weighted by molar-refractivity contribution is -0.118. The predicted molar refractivity (Wildman–Crippen MR) is 114 cm³/mol. The minimum Gasteiger partial charge on any atom is -0.423 e. The van der Waals surface area contributed by atoms with Crippen LogP contribution in [0.3, 0.4) is 0 Å². The quantitative estimate of drug-likeness (QED) is 0.428. The van der Waals surface area contributed by atoms with E-state index in [9.17, 15) is 9.59 Å². The lowest BCUT2D eigenvalue weighted by atomic mass is 10.1. The molecule has 1 amide bonds. The summed E-state index contributed by atoms with van der Waals surface area (Å²) in [6.07, 6.45) is 0.672. The molecule has 0 aliphatic carbocycles. The third-order valence-electron chi connectivity index (χ3n) is 4.40. The molecule has 0 aliphatic rings. The molecule has 0 unspecified atom stereocenters. The molecule has 9 heteroatoms. The Morgan fingerprint density at radius 2 is 2.07 bits per heavy atom. The zero-order valence-corrected chi connectivity index (χ0v) is 18.1. The normalized spacial score (nSPS) is 11.5. The zero-order valence-electron chi connectivity index (χ0n) is 16.6. The van der Waals surface area contributed by atoms with Gasteiger partial charge < -0.3 is 14.7 Å². The minimum atomic E-state index is -0.402. The molecule has 29 heavy (non-hydrogen) atoms. The number of hydrogen-bond acceptors (Lipinski definition) is 6. The van der Waals surface area contributed by atoms with E-state index in [1.54, 1.807) is 6.07 Å². The second-order valence-corrected chi connectivity index (χ2v) is 8.70. The van der Waals surface area contributed by atoms with E-state index in [1.165, 1.54) is 17.8 Å². The van der Waals surface area contributed by atoms with Gasteiger partial charge in [0, 0.05) is 41.6 Å². The van der Waals surface area contributed by atoms with Crippen molar-refractivity contribution in [2.75, 3.05) is 0 Å². The summed E-state index contributed by atoms with van der Waals surface area (Å²) in [4.78, 5) is 23.1. The van der Waals surface area contributed by atoms with Gasteiger partial charge in [0.15, 0.2) is 5.16 Å². The smallest absolute Gasteiger partial charge is 0.336 e. The molecule has 0 saturated heterocycles. The number of halogens is 1. The van der Waals surface area contributed by atoms with Gasteiger partial charge in [-0.2, -0.15) is 0 Å². The van der Waals surface area contributed by atoms with E-state index in [2.05, 4.69) is 24.0 Å². The number of benzene rings is 1. The Labute approximate surface area is 177 Å². The van der Waals surface area contributed by atoms with E-state index in [-0.39, 0.29) is 12.3 Å². The highest BCUT2D eigenvalue weighted by Gasteiger charge is 2.16. The number of aryl methyl sites for hydroxylation is 2. The molecule has 7 nitrogen and oxygen atoms in total. The van der Waals surface area contributed by atoms with Crippen molar-refractivity contribution < 1.29 is 9.21 Å². The van der Waals surface area contributed by atoms with Crippen LogP contribution in [0, 0.1) is 12.8 Å². The fourth-order valence-corrected chi connectivity index (χ4v) is 4.13. The molecular weight excluding hydrogens is 412 g/mol. The van der Waals surface area contributed by atoms with Crippen LogP contribution in [0.2, 0.25) is 5.02 Å². The molecular formula is C20H23ClN4O3S. The number of nitrogens with zero attached hydrogens (tertiary/aromatic N) is 3. The van der Waals surface area contributed by atoms with E-state index in [4.69, 9.17) is 21.8 Å². The molecule has 2 heterocycles. The number of rotatable bonds is 8. The minimum absolute atomic E-state index is 0.225. The summed E-state index contributed by atoms with van der Waals surface area (Å²) >= 11 is 7.75. The summed E-state index contributed by atoms with van der Waals surface area (Å²) in [5, 5.41) is 10.7. The fraction of sp³-hybridized carbons (Fsp3) is 0.400. The van der Waals surface area contributed by atoms with Crippen molar-refractivity contribution in [3.8, 4) is 0 Å². The number of nitrogens with two attached hydrogens (primary N) is 1. The average Bonchev–Trinajstić information content (AvgIpc) is 3.00. The first kappa shape index (κ1) is 21.4. The molecule has 0 spiro atoms. The van der Waals surface area contributed by atoms with Crippen LogP contribution >= 0.6 is 23.4 Å². The van der Waals surface area contributed by atoms with Crippen LogP contribution in [-0.2, 0) is 23.5 Å². The molecule has 0 fully saturated rings. The van der Waals surface area contributed by atoms with Gasteiger partial charge in [-0.3, -0.25) is 4.79 Å². The highest BCUT2D eigenvalue weighted by atomic mass is 35.5. The van der Waals surface area contributed by atoms with Gasteiger partial charge in [0.2, 0.25) is 5.91 Å². The van der Waals surface area contributed by atoms with Gasteiger partial charge in [0.1, 0.15) is 11.4 Å². The van der Waals surface area contributed by atoms with Gasteiger partial charge in [-0.15, -0.1) is 10.2 Å². The molecule has 0 saturated carbocycles. The molecule has 2 N–H and O–H groups in total. The topological polar surface area (TPSA) is 104 Å². The van der Waals surface area contributed by atoms with E-state index < -0.39 is 5.63 Å². The SMILES string of the molecule is Cc1cc2oc(=O)cc(CSc3nnc(CCC(N)=O)n3CC(C)C)c2cc1Cl. The molecule has 0 bridgehead atoms. The Bertz CT molecular complexity index is 1110. The van der Waals surface area contributed by atoms with Gasteiger partial charge in [0.25, 0.3) is 0 Å². The number of aromatic nitrogens is 3. The summed E-state index contributed by atoms with van der Waals surface area (Å²) in [7, 11) is 0. The standard InChI is InChI=1S/C20H23ClN4O3S/c1-11(2)9-25-18(5-4-17(22)26)23-24-20(25)29-10-13-7-19(27)28-16-6-12(3)15(21)8-14(13)16/h6-8,11H,4-5,9-10H2,1-3H3,(H2,22,26). The summed E-state index contributed by atoms with van der Waals surface area (Å²) in [6.45, 7) is 6.80. The Morgan fingerprint density at radius 1 is 1.31 bits per heavy atom. The number of carbonyl (C=O) groups is 1. The highest BCUT2D eigenvalue weighted by Crippen LogP contribution is 2.29. The van der Waals surface area contributed by atoms with Crippen LogP contribution in [-0.4, -0.2) is 20.7 Å². The number of primary amides is 1. The van der Waals surface area contributed by atoms with Gasteiger partial charge in [0.05, 0.1) is 0 Å². The Morgan fingerprint density at radius 3 is 2.76 bits per heavy atom. The molecule has 3 aromatic rings. The van der Waals surface area contributed by atoms with E-state index >= 15 is 0 Å². The third-order valence-corrected chi connectivity index (χ3v) is 5.83. The first-order valence-electron chi connectivity index (χ1n) is 9.30. The van der Waals surface area contributed by atoms with Crippen LogP contribution in [0.25, 0.3) is 11.0 Å². The van der Waals surface area contributed by atoms with Crippen molar-refractivity contribution in [2.45, 2.75) is 51.1 Å². The molecule has 0 atom stereocenters. The zero-order chi connectivity index (χ0) is 21.1. The maximum Gasteiger partial charge on any atom is 0.336 e. The van der Waals surface area contributed by atoms with Crippen LogP contribution in [0.15, 0.2) is 32.6 Å². The average molecular weight is 435 g/mol. The van der Waals surface area contributed by atoms with E-state index in [1.807, 2.05) is 17.6 Å². The monoisotopic (exact) mass is 434 g/mol. The number of carbonyl (C=O) groups excluding carboxylic acids is 1. The second-order valence-electron chi connectivity index (χ2n) is 7.35. The number of amides is 1. The van der Waals surface area contributed by atoms with Crippen molar-refractivity contribution in [1.82, 2.24) is 14.8 Å². The second kappa shape index (κ2) is 9.00. The number of fused-ring (bicyclic) bond motifs is 1. The molecule has 3 rings (SSSR count). The van der Waals surface area contributed by atoms with E-state index in [0.717, 1.165) is 34.0 Å². The van der Waals surface area contributed by atoms with E-state index in [0.29, 0.717) is 28.7 Å². The van der Waals surface area contributed by atoms with Crippen molar-refractivity contribution in [1.29, 1.82) is 0 Å². The first-order chi connectivity index (χ1) is 13.7. The van der Waals surface area contributed by atoms with Gasteiger partial charge in [-0.05, 0) is 36.1 Å². The maximum absolute atomic E-state index is 12.0. The van der Waals surface area contributed by atoms with Gasteiger partial charge >= 0.3 is 5.63 Å². The number of thioether (sulfide) groups is 1. The highest BCUT2D eigenvalue weighted by molar-refractivity contribution is 7.98. The van der Waals surface area contributed by atoms with Crippen molar-refractivity contribution in [3.63, 3.8) is 0 Å². The maximum atomic E-state index is 12.0. The Balaban J connectivity index is 1.90. The molecule has 0 radical (unpaired) electrons. The first-order valence-corrected chi connectivity index (χ1v) is 10.7. The summed E-state index contributed by atoms with van der Waals surface area (Å²) in [6, 6.07) is 5.08. The summed E-state index contributed by atoms with van der Waals surface area (Å²) in [5.74, 6) is 1.25. The van der Waals surface area contributed by atoms with Crippen molar-refractivity contribution >= 4 is 40.2 Å². The fourth-order valence-electron chi connectivity index (χ4n) is 3.00. The van der Waals surface area contributed by atoms with Gasteiger partial charge in [-0.25, -0.2) is 4.79 Å². The van der Waals surface area contributed by atoms with Crippen LogP contribution in [0.5, 0.6) is 0 Å². The third kappa shape index (κ3) is 5.19. The predicted octanol–water partition coefficient (Wildman–Crippen LogP) is 3.71. The lowest BCUT2D eigenvalue weighted by Crippen LogP contribution is -2.15. The van der Waals surface area contributed by atoms with Crippen molar-refractivity contribution in [2.24, 2.45) is 11.7 Å². The molecule has 1 aromatic carbocycles. The molecule has 2 aromatic heterocycles. The summed E-state index contributed by atoms with van der Waals surface area (Å²) < 4.78 is 7.34.